The second kappa shape index (κ2) is 8.12. The van der Waals surface area contributed by atoms with Crippen LogP contribution in [-0.2, 0) is 0 Å². The molecule has 0 saturated heterocycles. The van der Waals surface area contributed by atoms with Crippen LogP contribution in [0.25, 0.3) is 5.57 Å². The van der Waals surface area contributed by atoms with Crippen molar-refractivity contribution in [3.8, 4) is 0 Å². The monoisotopic (exact) mass is 222 g/mol. The van der Waals surface area contributed by atoms with E-state index in [4.69, 9.17) is 0 Å². The third-order valence-corrected chi connectivity index (χ3v) is 2.23. The molecule has 0 spiro atoms. The van der Waals surface area contributed by atoms with Crippen LogP contribution in [0.5, 0.6) is 0 Å². The van der Waals surface area contributed by atoms with Gasteiger partial charge in [0.2, 0.25) is 0 Å². The first kappa shape index (κ1) is 13.0. The zero-order valence-corrected chi connectivity index (χ0v) is 10.0. The molecule has 0 N–H and O–H groups in total. The minimum atomic E-state index is 0.925. The second-order valence-corrected chi connectivity index (χ2v) is 3.58. The highest BCUT2D eigenvalue weighted by Gasteiger charge is 1.90. The fraction of sp³-hybridized carbons (Fsp3) is 0.0588. The Balaban J connectivity index is 2.41. The quantitative estimate of drug-likeness (QED) is 0.598. The molecule has 0 atom stereocenters. The summed E-state index contributed by atoms with van der Waals surface area (Å²) in [7, 11) is 0. The molecule has 1 aromatic carbocycles. The summed E-state index contributed by atoms with van der Waals surface area (Å²) < 4.78 is 0. The van der Waals surface area contributed by atoms with E-state index in [1.807, 2.05) is 42.5 Å². The lowest BCUT2D eigenvalue weighted by Crippen LogP contribution is -1.75. The van der Waals surface area contributed by atoms with Crippen molar-refractivity contribution in [2.24, 2.45) is 0 Å². The third-order valence-electron chi connectivity index (χ3n) is 2.23. The Morgan fingerprint density at radius 1 is 1.00 bits per heavy atom. The van der Waals surface area contributed by atoms with E-state index in [2.05, 4.69) is 37.4 Å². The summed E-state index contributed by atoms with van der Waals surface area (Å²) in [4.78, 5) is 0. The number of hydrogen-bond acceptors (Lipinski definition) is 0. The van der Waals surface area contributed by atoms with Gasteiger partial charge in [-0.25, -0.2) is 0 Å². The van der Waals surface area contributed by atoms with E-state index in [1.165, 1.54) is 0 Å². The highest BCUT2D eigenvalue weighted by atomic mass is 14.0. The number of hydrogen-bond donors (Lipinski definition) is 0. The highest BCUT2D eigenvalue weighted by Crippen LogP contribution is 2.12. The Morgan fingerprint density at radius 2 is 1.71 bits per heavy atom. The standard InChI is InChI=1S/C17H18/c1-3-4-5-6-7-8-10-13-16(2)17-14-11-9-12-15-17/h3-5,7-15H,1-2,6H2/b5-4-,8-7-,13-10-. The summed E-state index contributed by atoms with van der Waals surface area (Å²) in [6.07, 6.45) is 14.9. The van der Waals surface area contributed by atoms with E-state index >= 15 is 0 Å². The molecule has 17 heavy (non-hydrogen) atoms. The van der Waals surface area contributed by atoms with Gasteiger partial charge in [-0.05, 0) is 17.6 Å². The molecule has 0 aliphatic carbocycles. The molecule has 0 radical (unpaired) electrons. The third kappa shape index (κ3) is 5.53. The normalized spacial score (nSPS) is 11.5. The molecule has 0 amide bonds. The highest BCUT2D eigenvalue weighted by molar-refractivity contribution is 5.72. The Kier molecular flexibility index (Phi) is 6.20. The zero-order valence-electron chi connectivity index (χ0n) is 10.0. The molecule has 0 aliphatic heterocycles. The van der Waals surface area contributed by atoms with Crippen molar-refractivity contribution in [3.05, 3.63) is 91.6 Å². The topological polar surface area (TPSA) is 0 Å². The molecule has 0 aromatic heterocycles. The Morgan fingerprint density at radius 3 is 2.41 bits per heavy atom. The van der Waals surface area contributed by atoms with Crippen LogP contribution in [0.2, 0.25) is 0 Å². The Hall–Kier alpha value is -2.08. The van der Waals surface area contributed by atoms with E-state index in [0.29, 0.717) is 0 Å². The second-order valence-electron chi connectivity index (χ2n) is 3.58. The van der Waals surface area contributed by atoms with Crippen molar-refractivity contribution in [1.29, 1.82) is 0 Å². The van der Waals surface area contributed by atoms with Gasteiger partial charge in [-0.1, -0.05) is 86.0 Å². The molecule has 1 aromatic rings. The summed E-state index contributed by atoms with van der Waals surface area (Å²) >= 11 is 0. The maximum atomic E-state index is 4.02. The van der Waals surface area contributed by atoms with Gasteiger partial charge in [-0.2, -0.15) is 0 Å². The minimum absolute atomic E-state index is 0.925. The average Bonchev–Trinajstić information content (AvgIpc) is 2.38. The maximum Gasteiger partial charge on any atom is -0.0163 e. The molecule has 86 valence electrons. The summed E-state index contributed by atoms with van der Waals surface area (Å²) in [6, 6.07) is 10.2. The molecule has 0 nitrogen and oxygen atoms in total. The van der Waals surface area contributed by atoms with Gasteiger partial charge < -0.3 is 0 Å². The minimum Gasteiger partial charge on any atom is -0.0991 e. The molecule has 0 unspecified atom stereocenters. The Labute approximate surface area is 104 Å². The molecule has 0 heteroatoms. The fourth-order valence-corrected chi connectivity index (χ4v) is 1.33. The summed E-state index contributed by atoms with van der Waals surface area (Å²) in [5.41, 5.74) is 2.18. The van der Waals surface area contributed by atoms with Crippen LogP contribution in [0.3, 0.4) is 0 Å². The van der Waals surface area contributed by atoms with Gasteiger partial charge in [0.1, 0.15) is 0 Å². The lowest BCUT2D eigenvalue weighted by molar-refractivity contribution is 1.39. The van der Waals surface area contributed by atoms with Crippen LogP contribution < -0.4 is 0 Å². The van der Waals surface area contributed by atoms with E-state index in [1.54, 1.807) is 6.08 Å². The van der Waals surface area contributed by atoms with Gasteiger partial charge in [0.15, 0.2) is 0 Å². The number of benzene rings is 1. The van der Waals surface area contributed by atoms with Gasteiger partial charge in [-0.15, -0.1) is 0 Å². The maximum absolute atomic E-state index is 4.02. The largest absolute Gasteiger partial charge is 0.0991 e. The number of rotatable bonds is 6. The van der Waals surface area contributed by atoms with Gasteiger partial charge >= 0.3 is 0 Å². The van der Waals surface area contributed by atoms with Gasteiger partial charge in [-0.3, -0.25) is 0 Å². The summed E-state index contributed by atoms with van der Waals surface area (Å²) in [5.74, 6) is 0. The lowest BCUT2D eigenvalue weighted by atomic mass is 10.1. The van der Waals surface area contributed by atoms with E-state index < -0.39 is 0 Å². The van der Waals surface area contributed by atoms with Crippen molar-refractivity contribution in [3.63, 3.8) is 0 Å². The molecule has 0 saturated carbocycles. The first-order valence-corrected chi connectivity index (χ1v) is 5.69. The SMILES string of the molecule is C=C/C=C\C/C=C\C=C/C(=C)c1ccccc1. The number of allylic oxidation sites excluding steroid dienone is 8. The zero-order chi connectivity index (χ0) is 12.3. The van der Waals surface area contributed by atoms with Crippen molar-refractivity contribution >= 4 is 5.57 Å². The van der Waals surface area contributed by atoms with E-state index in [0.717, 1.165) is 17.6 Å². The predicted octanol–water partition coefficient (Wildman–Crippen LogP) is 4.94. The van der Waals surface area contributed by atoms with E-state index in [-0.39, 0.29) is 0 Å². The fourth-order valence-electron chi connectivity index (χ4n) is 1.33. The summed E-state index contributed by atoms with van der Waals surface area (Å²) in [5, 5.41) is 0. The van der Waals surface area contributed by atoms with Crippen molar-refractivity contribution in [2.75, 3.05) is 0 Å². The smallest absolute Gasteiger partial charge is 0.0163 e. The summed E-state index contributed by atoms with van der Waals surface area (Å²) in [6.45, 7) is 7.64. The van der Waals surface area contributed by atoms with Crippen molar-refractivity contribution in [1.82, 2.24) is 0 Å². The van der Waals surface area contributed by atoms with Crippen molar-refractivity contribution < 1.29 is 0 Å². The van der Waals surface area contributed by atoms with Crippen LogP contribution in [0.4, 0.5) is 0 Å². The van der Waals surface area contributed by atoms with Crippen LogP contribution in [-0.4, -0.2) is 0 Å². The van der Waals surface area contributed by atoms with Crippen LogP contribution in [0.15, 0.2) is 86.0 Å². The molecular weight excluding hydrogens is 204 g/mol. The lowest BCUT2D eigenvalue weighted by Gasteiger charge is -1.97. The molecular formula is C17H18. The van der Waals surface area contributed by atoms with Crippen molar-refractivity contribution in [2.45, 2.75) is 6.42 Å². The first-order chi connectivity index (χ1) is 8.34. The van der Waals surface area contributed by atoms with Gasteiger partial charge in [0, 0.05) is 0 Å². The van der Waals surface area contributed by atoms with E-state index in [9.17, 15) is 0 Å². The van der Waals surface area contributed by atoms with Gasteiger partial charge in [0.05, 0.1) is 0 Å². The average molecular weight is 222 g/mol. The first-order valence-electron chi connectivity index (χ1n) is 5.69. The molecule has 0 aliphatic rings. The van der Waals surface area contributed by atoms with Crippen LogP contribution in [0, 0.1) is 0 Å². The predicted molar refractivity (Wildman–Crippen MR) is 77.7 cm³/mol. The Bertz CT molecular complexity index is 430. The molecule has 0 fully saturated rings. The van der Waals surface area contributed by atoms with Crippen LogP contribution in [0.1, 0.15) is 12.0 Å². The molecule has 0 heterocycles. The van der Waals surface area contributed by atoms with Crippen LogP contribution >= 0.6 is 0 Å². The van der Waals surface area contributed by atoms with Gasteiger partial charge in [0.25, 0.3) is 0 Å². The molecule has 0 bridgehead atoms. The molecule has 1 rings (SSSR count).